The SMILES string of the molecule is COc1cc(OC)c(C(Br)c2cc(Cl)c(Br)s2)cc1OC. The van der Waals surface area contributed by atoms with Crippen molar-refractivity contribution in [3.8, 4) is 17.2 Å². The van der Waals surface area contributed by atoms with Gasteiger partial charge in [-0.25, -0.2) is 0 Å². The summed E-state index contributed by atoms with van der Waals surface area (Å²) >= 11 is 14.8. The summed E-state index contributed by atoms with van der Waals surface area (Å²) in [4.78, 5) is 1.01. The van der Waals surface area contributed by atoms with Crippen LogP contribution in [0.4, 0.5) is 0 Å². The van der Waals surface area contributed by atoms with Crippen molar-refractivity contribution in [2.24, 2.45) is 0 Å². The number of ether oxygens (including phenoxy) is 3. The smallest absolute Gasteiger partial charge is 0.164 e. The van der Waals surface area contributed by atoms with Crippen LogP contribution in [-0.2, 0) is 0 Å². The van der Waals surface area contributed by atoms with Crippen molar-refractivity contribution in [1.29, 1.82) is 0 Å². The summed E-state index contributed by atoms with van der Waals surface area (Å²) in [6.45, 7) is 0. The number of hydrogen-bond donors (Lipinski definition) is 0. The van der Waals surface area contributed by atoms with Crippen LogP contribution in [0.2, 0.25) is 5.02 Å². The molecule has 0 saturated carbocycles. The highest BCUT2D eigenvalue weighted by Crippen LogP contribution is 2.46. The predicted octanol–water partition coefficient (Wildman–Crippen LogP) is 5.67. The van der Waals surface area contributed by atoms with Crippen LogP contribution in [0.25, 0.3) is 0 Å². The molecule has 0 aliphatic rings. The molecule has 114 valence electrons. The van der Waals surface area contributed by atoms with Gasteiger partial charge in [-0.15, -0.1) is 11.3 Å². The second kappa shape index (κ2) is 7.22. The number of rotatable bonds is 5. The summed E-state index contributed by atoms with van der Waals surface area (Å²) in [6.07, 6.45) is 0. The van der Waals surface area contributed by atoms with Crippen LogP contribution in [0.5, 0.6) is 17.2 Å². The van der Waals surface area contributed by atoms with Gasteiger partial charge in [-0.1, -0.05) is 27.5 Å². The van der Waals surface area contributed by atoms with E-state index in [1.165, 1.54) is 0 Å². The highest BCUT2D eigenvalue weighted by atomic mass is 79.9. The molecule has 0 aliphatic heterocycles. The molecule has 0 N–H and O–H groups in total. The van der Waals surface area contributed by atoms with E-state index < -0.39 is 0 Å². The third-order valence-corrected chi connectivity index (χ3v) is 6.75. The van der Waals surface area contributed by atoms with E-state index in [1.54, 1.807) is 32.7 Å². The van der Waals surface area contributed by atoms with Crippen molar-refractivity contribution < 1.29 is 14.2 Å². The summed E-state index contributed by atoms with van der Waals surface area (Å²) < 4.78 is 17.0. The summed E-state index contributed by atoms with van der Waals surface area (Å²) in [7, 11) is 4.83. The summed E-state index contributed by atoms with van der Waals surface area (Å²) in [5, 5.41) is 0.693. The fourth-order valence-corrected chi connectivity index (χ4v) is 4.41. The van der Waals surface area contributed by atoms with Gasteiger partial charge in [-0.2, -0.15) is 0 Å². The standard InChI is InChI=1S/C14H13Br2ClO3S/c1-18-9-6-11(20-3)10(19-2)4-7(9)13(15)12-5-8(17)14(16)21-12/h4-6,13H,1-3H3. The number of methoxy groups -OCH3 is 3. The lowest BCUT2D eigenvalue weighted by molar-refractivity contribution is 0.348. The molecule has 1 heterocycles. The Morgan fingerprint density at radius 2 is 1.57 bits per heavy atom. The van der Waals surface area contributed by atoms with Crippen molar-refractivity contribution in [3.63, 3.8) is 0 Å². The highest BCUT2D eigenvalue weighted by Gasteiger charge is 2.21. The van der Waals surface area contributed by atoms with E-state index in [1.807, 2.05) is 18.2 Å². The first-order chi connectivity index (χ1) is 10.0. The first-order valence-electron chi connectivity index (χ1n) is 5.90. The van der Waals surface area contributed by atoms with E-state index in [2.05, 4.69) is 31.9 Å². The highest BCUT2D eigenvalue weighted by molar-refractivity contribution is 9.11. The fraction of sp³-hybridized carbons (Fsp3) is 0.286. The van der Waals surface area contributed by atoms with Gasteiger partial charge in [0.05, 0.1) is 35.0 Å². The first kappa shape index (κ1) is 16.9. The zero-order valence-corrected chi connectivity index (χ0v) is 16.3. The Hall–Kier alpha value is -0.430. The van der Waals surface area contributed by atoms with Crippen molar-refractivity contribution in [2.75, 3.05) is 21.3 Å². The van der Waals surface area contributed by atoms with E-state index in [9.17, 15) is 0 Å². The van der Waals surface area contributed by atoms with Gasteiger partial charge >= 0.3 is 0 Å². The van der Waals surface area contributed by atoms with Gasteiger partial charge < -0.3 is 14.2 Å². The average molecular weight is 457 g/mol. The molecule has 0 bridgehead atoms. The van der Waals surface area contributed by atoms with E-state index in [0.717, 1.165) is 20.0 Å². The zero-order chi connectivity index (χ0) is 15.6. The monoisotopic (exact) mass is 454 g/mol. The largest absolute Gasteiger partial charge is 0.496 e. The summed E-state index contributed by atoms with van der Waals surface area (Å²) in [5.74, 6) is 2.00. The topological polar surface area (TPSA) is 27.7 Å². The molecular weight excluding hydrogens is 443 g/mol. The molecule has 1 aromatic carbocycles. The molecule has 1 unspecified atom stereocenters. The van der Waals surface area contributed by atoms with Crippen molar-refractivity contribution >= 4 is 54.8 Å². The van der Waals surface area contributed by atoms with Crippen molar-refractivity contribution in [2.45, 2.75) is 4.83 Å². The molecule has 0 fully saturated rings. The molecule has 0 saturated heterocycles. The van der Waals surface area contributed by atoms with Crippen LogP contribution in [0.15, 0.2) is 22.0 Å². The van der Waals surface area contributed by atoms with Crippen molar-refractivity contribution in [3.05, 3.63) is 37.4 Å². The van der Waals surface area contributed by atoms with Crippen LogP contribution in [0.3, 0.4) is 0 Å². The third kappa shape index (κ3) is 3.50. The maximum atomic E-state index is 6.11. The van der Waals surface area contributed by atoms with Crippen LogP contribution < -0.4 is 14.2 Å². The summed E-state index contributed by atoms with van der Waals surface area (Å²) in [5.41, 5.74) is 0.945. The predicted molar refractivity (Wildman–Crippen MR) is 93.9 cm³/mol. The molecule has 0 spiro atoms. The number of hydrogen-bond acceptors (Lipinski definition) is 4. The Labute approximate surface area is 149 Å². The molecule has 1 aromatic heterocycles. The van der Waals surface area contributed by atoms with Crippen molar-refractivity contribution in [1.82, 2.24) is 0 Å². The third-order valence-electron chi connectivity index (χ3n) is 2.92. The van der Waals surface area contributed by atoms with E-state index in [0.29, 0.717) is 16.5 Å². The maximum Gasteiger partial charge on any atom is 0.164 e. The minimum Gasteiger partial charge on any atom is -0.496 e. The molecule has 2 rings (SSSR count). The van der Waals surface area contributed by atoms with Gasteiger partial charge in [0.1, 0.15) is 5.75 Å². The Morgan fingerprint density at radius 1 is 1.00 bits per heavy atom. The molecule has 7 heteroatoms. The summed E-state index contributed by atoms with van der Waals surface area (Å²) in [6, 6.07) is 5.64. The number of benzene rings is 1. The quantitative estimate of drug-likeness (QED) is 0.542. The second-order valence-electron chi connectivity index (χ2n) is 4.08. The van der Waals surface area contributed by atoms with E-state index in [4.69, 9.17) is 25.8 Å². The number of thiophene rings is 1. The van der Waals surface area contributed by atoms with E-state index in [-0.39, 0.29) is 4.83 Å². The Balaban J connectivity index is 2.50. The Morgan fingerprint density at radius 3 is 2.05 bits per heavy atom. The van der Waals surface area contributed by atoms with Crippen LogP contribution in [-0.4, -0.2) is 21.3 Å². The molecule has 3 nitrogen and oxygen atoms in total. The van der Waals surface area contributed by atoms with Crippen LogP contribution in [0.1, 0.15) is 15.3 Å². The molecule has 0 radical (unpaired) electrons. The van der Waals surface area contributed by atoms with Crippen LogP contribution in [0, 0.1) is 0 Å². The van der Waals surface area contributed by atoms with Gasteiger partial charge in [0.2, 0.25) is 0 Å². The normalized spacial score (nSPS) is 12.1. The minimum absolute atomic E-state index is 0.0546. The van der Waals surface area contributed by atoms with Gasteiger partial charge in [0.15, 0.2) is 11.5 Å². The minimum atomic E-state index is -0.0546. The van der Waals surface area contributed by atoms with E-state index >= 15 is 0 Å². The number of alkyl halides is 1. The Kier molecular flexibility index (Phi) is 5.82. The average Bonchev–Trinajstić information content (AvgIpc) is 2.84. The fourth-order valence-electron chi connectivity index (χ4n) is 1.89. The second-order valence-corrected chi connectivity index (χ2v) is 7.81. The maximum absolute atomic E-state index is 6.11. The first-order valence-corrected chi connectivity index (χ1v) is 8.80. The molecule has 1 atom stereocenters. The van der Waals surface area contributed by atoms with Gasteiger partial charge in [0, 0.05) is 16.5 Å². The molecular formula is C14H13Br2ClO3S. The molecule has 21 heavy (non-hydrogen) atoms. The Bertz CT molecular complexity index is 626. The molecule has 0 amide bonds. The van der Waals surface area contributed by atoms with Crippen LogP contribution >= 0.6 is 54.8 Å². The molecule has 0 aliphatic carbocycles. The lowest BCUT2D eigenvalue weighted by Crippen LogP contribution is -1.99. The lowest BCUT2D eigenvalue weighted by atomic mass is 10.1. The van der Waals surface area contributed by atoms with Gasteiger partial charge in [-0.3, -0.25) is 0 Å². The lowest BCUT2D eigenvalue weighted by Gasteiger charge is -2.17. The van der Waals surface area contributed by atoms with Gasteiger partial charge in [0.25, 0.3) is 0 Å². The zero-order valence-electron chi connectivity index (χ0n) is 11.6. The number of halogens is 3. The van der Waals surface area contributed by atoms with Gasteiger partial charge in [-0.05, 0) is 28.1 Å². The molecule has 2 aromatic rings.